The summed E-state index contributed by atoms with van der Waals surface area (Å²) in [6, 6.07) is 2.69. The van der Waals surface area contributed by atoms with Crippen molar-refractivity contribution in [2.24, 2.45) is 5.73 Å². The number of methoxy groups -OCH3 is 1. The zero-order chi connectivity index (χ0) is 14.7. The summed E-state index contributed by atoms with van der Waals surface area (Å²) in [7, 11) is 3.48. The van der Waals surface area contributed by atoms with E-state index in [0.29, 0.717) is 30.0 Å². The van der Waals surface area contributed by atoms with Crippen LogP contribution in [0.5, 0.6) is 0 Å². The number of nitrogens with two attached hydrogens (primary N) is 1. The van der Waals surface area contributed by atoms with E-state index in [2.05, 4.69) is 11.9 Å². The number of esters is 1. The van der Waals surface area contributed by atoms with Gasteiger partial charge in [-0.2, -0.15) is 0 Å². The Morgan fingerprint density at radius 3 is 2.70 bits per heavy atom. The molecule has 0 amide bonds. The highest BCUT2D eigenvalue weighted by molar-refractivity contribution is 5.90. The second-order valence-corrected chi connectivity index (χ2v) is 5.66. The number of ether oxygens (including phenoxy) is 1. The molecule has 0 aliphatic heterocycles. The molecule has 1 fully saturated rings. The van der Waals surface area contributed by atoms with Gasteiger partial charge in [0.2, 0.25) is 0 Å². The molecule has 20 heavy (non-hydrogen) atoms. The van der Waals surface area contributed by atoms with E-state index >= 15 is 0 Å². The minimum atomic E-state index is -0.344. The van der Waals surface area contributed by atoms with Crippen molar-refractivity contribution in [1.82, 2.24) is 4.90 Å². The van der Waals surface area contributed by atoms with E-state index < -0.39 is 0 Å². The van der Waals surface area contributed by atoms with Gasteiger partial charge in [-0.15, -0.1) is 0 Å². The fourth-order valence-corrected chi connectivity index (χ4v) is 2.85. The molecule has 0 saturated heterocycles. The van der Waals surface area contributed by atoms with Gasteiger partial charge >= 0.3 is 5.97 Å². The van der Waals surface area contributed by atoms with Gasteiger partial charge in [0.1, 0.15) is 17.1 Å². The summed E-state index contributed by atoms with van der Waals surface area (Å²) in [5.41, 5.74) is 6.45. The van der Waals surface area contributed by atoms with Crippen LogP contribution in [0.4, 0.5) is 0 Å². The van der Waals surface area contributed by atoms with Crippen molar-refractivity contribution in [2.75, 3.05) is 14.2 Å². The maximum Gasteiger partial charge on any atom is 0.341 e. The van der Waals surface area contributed by atoms with Gasteiger partial charge in [-0.3, -0.25) is 4.90 Å². The Balaban J connectivity index is 1.97. The molecular weight excluding hydrogens is 256 g/mol. The number of aryl methyl sites for hydroxylation is 1. The summed E-state index contributed by atoms with van der Waals surface area (Å²) in [4.78, 5) is 13.8. The SMILES string of the molecule is COC(=O)c1cc(CN(C)C2CCC(N)CC2)oc1C. The summed E-state index contributed by atoms with van der Waals surface area (Å²) in [5, 5.41) is 0. The van der Waals surface area contributed by atoms with Crippen molar-refractivity contribution < 1.29 is 13.9 Å². The van der Waals surface area contributed by atoms with Crippen molar-refractivity contribution >= 4 is 5.97 Å². The number of hydrogen-bond donors (Lipinski definition) is 1. The third-order valence-electron chi connectivity index (χ3n) is 4.14. The average Bonchev–Trinajstić information content (AvgIpc) is 2.79. The smallest absolute Gasteiger partial charge is 0.341 e. The van der Waals surface area contributed by atoms with Crippen molar-refractivity contribution in [1.29, 1.82) is 0 Å². The van der Waals surface area contributed by atoms with Crippen LogP contribution in [0.25, 0.3) is 0 Å². The molecule has 0 atom stereocenters. The summed E-state index contributed by atoms with van der Waals surface area (Å²) in [6.45, 7) is 2.49. The Hall–Kier alpha value is -1.33. The van der Waals surface area contributed by atoms with Crippen molar-refractivity contribution in [3.8, 4) is 0 Å². The van der Waals surface area contributed by atoms with Crippen LogP contribution in [0.15, 0.2) is 10.5 Å². The lowest BCUT2D eigenvalue weighted by molar-refractivity contribution is 0.0599. The summed E-state index contributed by atoms with van der Waals surface area (Å²) in [6.07, 6.45) is 4.42. The molecule has 1 aliphatic carbocycles. The molecule has 1 aliphatic rings. The molecule has 0 spiro atoms. The molecule has 1 aromatic heterocycles. The molecule has 1 aromatic rings. The van der Waals surface area contributed by atoms with Crippen molar-refractivity contribution in [3.05, 3.63) is 23.2 Å². The van der Waals surface area contributed by atoms with Crippen LogP contribution in [0.2, 0.25) is 0 Å². The largest absolute Gasteiger partial charge is 0.465 e. The van der Waals surface area contributed by atoms with E-state index in [0.717, 1.165) is 31.4 Å². The Morgan fingerprint density at radius 1 is 1.45 bits per heavy atom. The lowest BCUT2D eigenvalue weighted by Gasteiger charge is -2.32. The average molecular weight is 280 g/mol. The highest BCUT2D eigenvalue weighted by Gasteiger charge is 2.23. The molecule has 5 heteroatoms. The van der Waals surface area contributed by atoms with Gasteiger partial charge in [-0.05, 0) is 45.7 Å². The molecule has 0 aromatic carbocycles. The number of furan rings is 1. The first-order valence-electron chi connectivity index (χ1n) is 7.14. The summed E-state index contributed by atoms with van der Waals surface area (Å²) < 4.78 is 10.4. The first-order valence-corrected chi connectivity index (χ1v) is 7.14. The lowest BCUT2D eigenvalue weighted by atomic mass is 9.91. The molecular formula is C15H24N2O3. The standard InChI is InChI=1S/C15H24N2O3/c1-10-14(15(18)19-3)8-13(20-10)9-17(2)12-6-4-11(16)5-7-12/h8,11-12H,4-7,9,16H2,1-3H3. The number of carbonyl (C=O) groups excluding carboxylic acids is 1. The number of rotatable bonds is 4. The molecule has 2 rings (SSSR count). The number of nitrogens with zero attached hydrogens (tertiary/aromatic N) is 1. The highest BCUT2D eigenvalue weighted by Crippen LogP contribution is 2.24. The van der Waals surface area contributed by atoms with Gasteiger partial charge < -0.3 is 14.9 Å². The molecule has 1 heterocycles. The fraction of sp³-hybridized carbons (Fsp3) is 0.667. The second kappa shape index (κ2) is 6.41. The minimum absolute atomic E-state index is 0.344. The van der Waals surface area contributed by atoms with Crippen molar-refractivity contribution in [2.45, 2.75) is 51.2 Å². The molecule has 0 bridgehead atoms. The zero-order valence-electron chi connectivity index (χ0n) is 12.5. The van der Waals surface area contributed by atoms with Crippen LogP contribution < -0.4 is 5.73 Å². The predicted octanol–water partition coefficient (Wildman–Crippen LogP) is 2.08. The number of carbonyl (C=O) groups is 1. The third-order valence-corrected chi connectivity index (χ3v) is 4.14. The van der Waals surface area contributed by atoms with Crippen LogP contribution in [0.1, 0.15) is 47.6 Å². The predicted molar refractivity (Wildman–Crippen MR) is 76.5 cm³/mol. The molecule has 5 nitrogen and oxygen atoms in total. The Morgan fingerprint density at radius 2 is 2.10 bits per heavy atom. The highest BCUT2D eigenvalue weighted by atomic mass is 16.5. The summed E-state index contributed by atoms with van der Waals surface area (Å²) in [5.74, 6) is 1.08. The van der Waals surface area contributed by atoms with E-state index in [1.54, 1.807) is 13.0 Å². The fourth-order valence-electron chi connectivity index (χ4n) is 2.85. The van der Waals surface area contributed by atoms with Crippen LogP contribution in [0, 0.1) is 6.92 Å². The third kappa shape index (κ3) is 3.41. The van der Waals surface area contributed by atoms with Crippen LogP contribution >= 0.6 is 0 Å². The molecule has 1 saturated carbocycles. The van der Waals surface area contributed by atoms with Gasteiger partial charge in [-0.25, -0.2) is 4.79 Å². The van der Waals surface area contributed by atoms with E-state index in [9.17, 15) is 4.79 Å². The second-order valence-electron chi connectivity index (χ2n) is 5.66. The van der Waals surface area contributed by atoms with Gasteiger partial charge in [0.05, 0.1) is 13.7 Å². The first-order chi connectivity index (χ1) is 9.51. The van der Waals surface area contributed by atoms with Crippen LogP contribution in [0.3, 0.4) is 0 Å². The van der Waals surface area contributed by atoms with E-state index in [4.69, 9.17) is 14.9 Å². The van der Waals surface area contributed by atoms with Crippen LogP contribution in [-0.2, 0) is 11.3 Å². The van der Waals surface area contributed by atoms with Gasteiger partial charge in [0, 0.05) is 12.1 Å². The van der Waals surface area contributed by atoms with Gasteiger partial charge in [0.15, 0.2) is 0 Å². The first kappa shape index (κ1) is 15.1. The Labute approximate surface area is 120 Å². The molecule has 0 radical (unpaired) electrons. The van der Waals surface area contributed by atoms with E-state index in [1.807, 2.05) is 0 Å². The Kier molecular flexibility index (Phi) is 4.83. The normalized spacial score (nSPS) is 23.1. The minimum Gasteiger partial charge on any atom is -0.465 e. The topological polar surface area (TPSA) is 68.7 Å². The number of hydrogen-bond acceptors (Lipinski definition) is 5. The monoisotopic (exact) mass is 280 g/mol. The Bertz CT molecular complexity index is 462. The van der Waals surface area contributed by atoms with E-state index in [-0.39, 0.29) is 5.97 Å². The summed E-state index contributed by atoms with van der Waals surface area (Å²) >= 11 is 0. The molecule has 2 N–H and O–H groups in total. The van der Waals surface area contributed by atoms with Crippen molar-refractivity contribution in [3.63, 3.8) is 0 Å². The van der Waals surface area contributed by atoms with Gasteiger partial charge in [-0.1, -0.05) is 0 Å². The lowest BCUT2D eigenvalue weighted by Crippen LogP contribution is -2.38. The van der Waals surface area contributed by atoms with Gasteiger partial charge in [0.25, 0.3) is 0 Å². The maximum atomic E-state index is 11.6. The van der Waals surface area contributed by atoms with E-state index in [1.165, 1.54) is 7.11 Å². The van der Waals surface area contributed by atoms with Crippen LogP contribution in [-0.4, -0.2) is 37.1 Å². The maximum absolute atomic E-state index is 11.6. The molecule has 112 valence electrons. The zero-order valence-corrected chi connectivity index (χ0v) is 12.5. The molecule has 0 unspecified atom stereocenters. The quantitative estimate of drug-likeness (QED) is 0.855.